The maximum absolute atomic E-state index is 12.5. The van der Waals surface area contributed by atoms with E-state index in [1.807, 2.05) is 38.1 Å². The van der Waals surface area contributed by atoms with Crippen molar-refractivity contribution in [1.29, 1.82) is 0 Å². The van der Waals surface area contributed by atoms with E-state index in [-0.39, 0.29) is 5.91 Å². The topological polar surface area (TPSA) is 60.5 Å². The average molecular weight is 411 g/mol. The Morgan fingerprint density at radius 3 is 2.48 bits per heavy atom. The molecule has 1 unspecified atom stereocenters. The molecule has 1 heterocycles. The third-order valence-corrected chi connectivity index (χ3v) is 5.70. The summed E-state index contributed by atoms with van der Waals surface area (Å²) in [7, 11) is 0. The number of amides is 1. The van der Waals surface area contributed by atoms with Gasteiger partial charge in [-0.25, -0.2) is 4.98 Å². The van der Waals surface area contributed by atoms with Gasteiger partial charge >= 0.3 is 0 Å². The zero-order valence-corrected chi connectivity index (χ0v) is 18.0. The Hall–Kier alpha value is -2.86. The number of aromatic nitrogens is 1. The number of benzene rings is 2. The summed E-state index contributed by atoms with van der Waals surface area (Å²) in [4.78, 5) is 18.2. The lowest BCUT2D eigenvalue weighted by Gasteiger charge is -2.15. The molecule has 0 saturated carbocycles. The van der Waals surface area contributed by atoms with Crippen molar-refractivity contribution in [2.24, 2.45) is 0 Å². The largest absolute Gasteiger partial charge is 0.494 e. The Bertz CT molecular complexity index is 967. The second kappa shape index (κ2) is 9.56. The van der Waals surface area contributed by atoms with Crippen LogP contribution in [0.25, 0.3) is 10.6 Å². The molecule has 1 N–H and O–H groups in total. The molecular formula is C23H26N2O3S. The third kappa shape index (κ3) is 5.35. The molecule has 0 radical (unpaired) electrons. The first-order valence-corrected chi connectivity index (χ1v) is 10.5. The highest BCUT2D eigenvalue weighted by atomic mass is 32.1. The predicted octanol–water partition coefficient (Wildman–Crippen LogP) is 4.91. The van der Waals surface area contributed by atoms with Crippen LogP contribution in [0.1, 0.15) is 30.0 Å². The molecule has 2 aromatic carbocycles. The summed E-state index contributed by atoms with van der Waals surface area (Å²) in [6.07, 6.45) is -0.600. The molecular weight excluding hydrogens is 384 g/mol. The molecule has 0 spiro atoms. The molecule has 29 heavy (non-hydrogen) atoms. The van der Waals surface area contributed by atoms with Gasteiger partial charge in [0.05, 0.1) is 18.8 Å². The van der Waals surface area contributed by atoms with Gasteiger partial charge in [-0.15, -0.1) is 11.3 Å². The number of hydrogen-bond acceptors (Lipinski definition) is 5. The van der Waals surface area contributed by atoms with Crippen LogP contribution in [0.3, 0.4) is 0 Å². The quantitative estimate of drug-likeness (QED) is 0.573. The molecule has 0 aliphatic carbocycles. The van der Waals surface area contributed by atoms with Crippen LogP contribution in [0.5, 0.6) is 11.5 Å². The lowest BCUT2D eigenvalue weighted by Crippen LogP contribution is -2.35. The van der Waals surface area contributed by atoms with Gasteiger partial charge in [0, 0.05) is 10.4 Å². The second-order valence-corrected chi connectivity index (χ2v) is 7.81. The maximum Gasteiger partial charge on any atom is 0.261 e. The lowest BCUT2D eigenvalue weighted by molar-refractivity contribution is -0.127. The molecule has 5 nitrogen and oxygen atoms in total. The minimum absolute atomic E-state index is 0.163. The summed E-state index contributed by atoms with van der Waals surface area (Å²) in [5.41, 5.74) is 3.26. The lowest BCUT2D eigenvalue weighted by atomic mass is 10.1. The number of thiazole rings is 1. The average Bonchev–Trinajstić information content (AvgIpc) is 3.08. The highest BCUT2D eigenvalue weighted by Gasteiger charge is 2.17. The van der Waals surface area contributed by atoms with Crippen LogP contribution in [0.2, 0.25) is 0 Å². The SMILES string of the molecule is CCOc1ccc(OC(C)C(=O)NCc2sc(-c3ccccc3C)nc2C)cc1. The van der Waals surface area contributed by atoms with Crippen LogP contribution in [-0.4, -0.2) is 23.6 Å². The van der Waals surface area contributed by atoms with Crippen molar-refractivity contribution in [2.75, 3.05) is 6.61 Å². The van der Waals surface area contributed by atoms with Gasteiger partial charge in [-0.2, -0.15) is 0 Å². The highest BCUT2D eigenvalue weighted by molar-refractivity contribution is 7.15. The Morgan fingerprint density at radius 1 is 1.10 bits per heavy atom. The Balaban J connectivity index is 1.58. The molecule has 1 atom stereocenters. The van der Waals surface area contributed by atoms with Gasteiger partial charge in [-0.1, -0.05) is 24.3 Å². The van der Waals surface area contributed by atoms with Gasteiger partial charge in [0.1, 0.15) is 16.5 Å². The van der Waals surface area contributed by atoms with Crippen LogP contribution in [0, 0.1) is 13.8 Å². The van der Waals surface area contributed by atoms with Crippen molar-refractivity contribution in [1.82, 2.24) is 10.3 Å². The van der Waals surface area contributed by atoms with Crippen LogP contribution in [-0.2, 0) is 11.3 Å². The summed E-state index contributed by atoms with van der Waals surface area (Å²) in [6, 6.07) is 15.4. The zero-order chi connectivity index (χ0) is 20.8. The summed E-state index contributed by atoms with van der Waals surface area (Å²) < 4.78 is 11.2. The number of hydrogen-bond donors (Lipinski definition) is 1. The Labute approximate surface area is 175 Å². The monoisotopic (exact) mass is 410 g/mol. The Morgan fingerprint density at radius 2 is 1.79 bits per heavy atom. The minimum atomic E-state index is -0.600. The van der Waals surface area contributed by atoms with Gasteiger partial charge in [0.15, 0.2) is 6.10 Å². The molecule has 152 valence electrons. The first kappa shape index (κ1) is 20.9. The van der Waals surface area contributed by atoms with Crippen LogP contribution >= 0.6 is 11.3 Å². The summed E-state index contributed by atoms with van der Waals surface area (Å²) in [5, 5.41) is 3.93. The van der Waals surface area contributed by atoms with Gasteiger partial charge < -0.3 is 14.8 Å². The molecule has 1 aromatic heterocycles. The van der Waals surface area contributed by atoms with Gasteiger partial charge in [-0.3, -0.25) is 4.79 Å². The van der Waals surface area contributed by atoms with Crippen molar-refractivity contribution in [3.63, 3.8) is 0 Å². The second-order valence-electron chi connectivity index (χ2n) is 6.72. The summed E-state index contributed by atoms with van der Waals surface area (Å²) in [5.74, 6) is 1.25. The number of ether oxygens (including phenoxy) is 2. The number of aryl methyl sites for hydroxylation is 2. The first-order valence-electron chi connectivity index (χ1n) is 9.67. The first-order chi connectivity index (χ1) is 14.0. The molecule has 3 rings (SSSR count). The molecule has 0 aliphatic heterocycles. The van der Waals surface area contributed by atoms with E-state index in [1.165, 1.54) is 5.56 Å². The van der Waals surface area contributed by atoms with Crippen molar-refractivity contribution < 1.29 is 14.3 Å². The van der Waals surface area contributed by atoms with Crippen LogP contribution in [0.15, 0.2) is 48.5 Å². The van der Waals surface area contributed by atoms with Crippen molar-refractivity contribution in [3.05, 3.63) is 64.7 Å². The van der Waals surface area contributed by atoms with Crippen LogP contribution < -0.4 is 14.8 Å². The molecule has 0 bridgehead atoms. The number of nitrogens with one attached hydrogen (secondary N) is 1. The molecule has 0 saturated heterocycles. The normalized spacial score (nSPS) is 11.7. The van der Waals surface area contributed by atoms with E-state index >= 15 is 0 Å². The molecule has 0 aliphatic rings. The van der Waals surface area contributed by atoms with Gasteiger partial charge in [-0.05, 0) is 57.5 Å². The number of carbonyl (C=O) groups is 1. The number of rotatable bonds is 8. The minimum Gasteiger partial charge on any atom is -0.494 e. The van der Waals surface area contributed by atoms with E-state index in [0.29, 0.717) is 18.9 Å². The number of nitrogens with zero attached hydrogens (tertiary/aromatic N) is 1. The highest BCUT2D eigenvalue weighted by Crippen LogP contribution is 2.30. The Kier molecular flexibility index (Phi) is 6.88. The molecule has 3 aromatic rings. The summed E-state index contributed by atoms with van der Waals surface area (Å²) in [6.45, 7) is 8.77. The van der Waals surface area contributed by atoms with E-state index in [0.717, 1.165) is 26.9 Å². The molecule has 0 fully saturated rings. The van der Waals surface area contributed by atoms with Crippen molar-refractivity contribution in [2.45, 2.75) is 40.3 Å². The smallest absolute Gasteiger partial charge is 0.261 e. The molecule has 1 amide bonds. The van der Waals surface area contributed by atoms with Crippen LogP contribution in [0.4, 0.5) is 0 Å². The van der Waals surface area contributed by atoms with E-state index < -0.39 is 6.10 Å². The standard InChI is InChI=1S/C23H26N2O3S/c1-5-27-18-10-12-19(13-11-18)28-17(4)22(26)24-14-21-16(3)25-23(29-21)20-9-7-6-8-15(20)2/h6-13,17H,5,14H2,1-4H3,(H,24,26). The summed E-state index contributed by atoms with van der Waals surface area (Å²) >= 11 is 1.61. The third-order valence-electron chi connectivity index (χ3n) is 4.51. The fourth-order valence-corrected chi connectivity index (χ4v) is 3.96. The molecule has 6 heteroatoms. The van der Waals surface area contributed by atoms with E-state index in [1.54, 1.807) is 30.4 Å². The van der Waals surface area contributed by atoms with Crippen molar-refractivity contribution >= 4 is 17.2 Å². The number of carbonyl (C=O) groups excluding carboxylic acids is 1. The fourth-order valence-electron chi connectivity index (χ4n) is 2.87. The maximum atomic E-state index is 12.5. The van der Waals surface area contributed by atoms with E-state index in [2.05, 4.69) is 29.4 Å². The zero-order valence-electron chi connectivity index (χ0n) is 17.2. The fraction of sp³-hybridized carbons (Fsp3) is 0.304. The predicted molar refractivity (Wildman–Crippen MR) is 117 cm³/mol. The van der Waals surface area contributed by atoms with Gasteiger partial charge in [0.25, 0.3) is 5.91 Å². The van der Waals surface area contributed by atoms with Gasteiger partial charge in [0.2, 0.25) is 0 Å². The van der Waals surface area contributed by atoms with E-state index in [4.69, 9.17) is 9.47 Å². The van der Waals surface area contributed by atoms with E-state index in [9.17, 15) is 4.79 Å². The van der Waals surface area contributed by atoms with Crippen molar-refractivity contribution in [3.8, 4) is 22.1 Å².